The highest BCUT2D eigenvalue weighted by Crippen LogP contribution is 2.38. The third-order valence-electron chi connectivity index (χ3n) is 4.19. The standard InChI is InChI=1S/C15H20FNO/c16-15-8-4-3-7-14(15)11-9-12(10-11)17-18-13-5-1-2-6-13/h3-4,7-8,11-13,17H,1-2,5-6,9-10H2. The Bertz CT molecular complexity index is 397. The molecule has 1 N–H and O–H groups in total. The van der Waals surface area contributed by atoms with Crippen molar-refractivity contribution >= 4 is 0 Å². The topological polar surface area (TPSA) is 21.3 Å². The van der Waals surface area contributed by atoms with Crippen molar-refractivity contribution < 1.29 is 9.23 Å². The van der Waals surface area contributed by atoms with Gasteiger partial charge in [0.2, 0.25) is 0 Å². The SMILES string of the molecule is Fc1ccccc1C1CC(NOC2CCCC2)C1. The van der Waals surface area contributed by atoms with E-state index >= 15 is 0 Å². The second kappa shape index (κ2) is 5.37. The van der Waals surface area contributed by atoms with Gasteiger partial charge < -0.3 is 0 Å². The van der Waals surface area contributed by atoms with E-state index < -0.39 is 0 Å². The molecular weight excluding hydrogens is 229 g/mol. The molecule has 0 aromatic heterocycles. The number of nitrogens with one attached hydrogen (secondary N) is 1. The summed E-state index contributed by atoms with van der Waals surface area (Å²) in [4.78, 5) is 5.68. The Morgan fingerprint density at radius 3 is 2.56 bits per heavy atom. The first-order valence-corrected chi connectivity index (χ1v) is 6.98. The minimum absolute atomic E-state index is 0.0716. The van der Waals surface area contributed by atoms with E-state index in [2.05, 4.69) is 5.48 Å². The van der Waals surface area contributed by atoms with Crippen LogP contribution < -0.4 is 5.48 Å². The lowest BCUT2D eigenvalue weighted by Crippen LogP contribution is -2.41. The van der Waals surface area contributed by atoms with Crippen molar-refractivity contribution in [3.05, 3.63) is 35.6 Å². The lowest BCUT2D eigenvalue weighted by atomic mass is 9.76. The van der Waals surface area contributed by atoms with E-state index in [1.807, 2.05) is 12.1 Å². The number of halogens is 1. The number of rotatable bonds is 4. The zero-order valence-electron chi connectivity index (χ0n) is 10.6. The molecule has 3 heteroatoms. The normalized spacial score (nSPS) is 28.3. The fourth-order valence-corrected chi connectivity index (χ4v) is 2.97. The van der Waals surface area contributed by atoms with E-state index in [1.165, 1.54) is 25.7 Å². The van der Waals surface area contributed by atoms with E-state index in [0.29, 0.717) is 18.1 Å². The predicted octanol–water partition coefficient (Wildman–Crippen LogP) is 3.54. The Balaban J connectivity index is 1.44. The molecule has 0 spiro atoms. The first-order chi connectivity index (χ1) is 8.83. The summed E-state index contributed by atoms with van der Waals surface area (Å²) in [6, 6.07) is 7.50. The zero-order valence-corrected chi connectivity index (χ0v) is 10.6. The Kier molecular flexibility index (Phi) is 3.62. The van der Waals surface area contributed by atoms with Crippen LogP contribution in [0.2, 0.25) is 0 Å². The molecule has 0 heterocycles. The number of benzene rings is 1. The quantitative estimate of drug-likeness (QED) is 0.824. The first kappa shape index (κ1) is 12.1. The molecule has 0 aliphatic heterocycles. The molecule has 0 unspecified atom stereocenters. The van der Waals surface area contributed by atoms with Gasteiger partial charge in [0.25, 0.3) is 0 Å². The average molecular weight is 249 g/mol. The van der Waals surface area contributed by atoms with E-state index in [4.69, 9.17) is 4.84 Å². The monoisotopic (exact) mass is 249 g/mol. The molecule has 2 saturated carbocycles. The molecule has 2 fully saturated rings. The number of hydrogen-bond donors (Lipinski definition) is 1. The van der Waals surface area contributed by atoms with Crippen LogP contribution in [-0.4, -0.2) is 12.1 Å². The van der Waals surface area contributed by atoms with Gasteiger partial charge in [-0.3, -0.25) is 4.84 Å². The van der Waals surface area contributed by atoms with Crippen molar-refractivity contribution in [2.24, 2.45) is 0 Å². The molecule has 98 valence electrons. The molecule has 18 heavy (non-hydrogen) atoms. The summed E-state index contributed by atoms with van der Waals surface area (Å²) in [5.74, 6) is 0.286. The van der Waals surface area contributed by atoms with Gasteiger partial charge in [0.1, 0.15) is 5.82 Å². The summed E-state index contributed by atoms with van der Waals surface area (Å²) in [7, 11) is 0. The summed E-state index contributed by atoms with van der Waals surface area (Å²) in [6.45, 7) is 0. The van der Waals surface area contributed by atoms with Crippen LogP contribution in [0.25, 0.3) is 0 Å². The third-order valence-corrected chi connectivity index (χ3v) is 4.19. The Labute approximate surface area is 107 Å². The van der Waals surface area contributed by atoms with Gasteiger partial charge in [-0.15, -0.1) is 0 Å². The summed E-state index contributed by atoms with van der Waals surface area (Å²) in [5.41, 5.74) is 4.02. The fraction of sp³-hybridized carbons (Fsp3) is 0.600. The zero-order chi connectivity index (χ0) is 12.4. The molecule has 1 aromatic carbocycles. The Morgan fingerprint density at radius 2 is 1.83 bits per heavy atom. The molecule has 0 amide bonds. The van der Waals surface area contributed by atoms with Gasteiger partial charge in [0, 0.05) is 6.04 Å². The molecule has 2 aliphatic carbocycles. The van der Waals surface area contributed by atoms with E-state index in [9.17, 15) is 4.39 Å². The van der Waals surface area contributed by atoms with Crippen LogP contribution in [0.15, 0.2) is 24.3 Å². The Morgan fingerprint density at radius 1 is 1.11 bits per heavy atom. The van der Waals surface area contributed by atoms with E-state index in [1.54, 1.807) is 12.1 Å². The maximum Gasteiger partial charge on any atom is 0.126 e. The van der Waals surface area contributed by atoms with Gasteiger partial charge in [-0.05, 0) is 43.2 Å². The van der Waals surface area contributed by atoms with E-state index in [-0.39, 0.29) is 5.82 Å². The summed E-state index contributed by atoms with van der Waals surface area (Å²) >= 11 is 0. The molecule has 1 aromatic rings. The Hall–Kier alpha value is -0.930. The summed E-state index contributed by atoms with van der Waals surface area (Å²) in [5, 5.41) is 0. The van der Waals surface area contributed by atoms with Crippen molar-refractivity contribution in [2.75, 3.05) is 0 Å². The van der Waals surface area contributed by atoms with Crippen molar-refractivity contribution in [1.82, 2.24) is 5.48 Å². The number of hydroxylamine groups is 1. The molecular formula is C15H20FNO. The summed E-state index contributed by atoms with van der Waals surface area (Å²) < 4.78 is 13.6. The average Bonchev–Trinajstić information content (AvgIpc) is 2.82. The highest BCUT2D eigenvalue weighted by molar-refractivity contribution is 5.24. The van der Waals surface area contributed by atoms with Gasteiger partial charge >= 0.3 is 0 Å². The smallest absolute Gasteiger partial charge is 0.126 e. The van der Waals surface area contributed by atoms with Crippen molar-refractivity contribution in [3.63, 3.8) is 0 Å². The van der Waals surface area contributed by atoms with E-state index in [0.717, 1.165) is 18.4 Å². The molecule has 0 bridgehead atoms. The van der Waals surface area contributed by atoms with Crippen LogP contribution in [0.5, 0.6) is 0 Å². The van der Waals surface area contributed by atoms with Crippen molar-refractivity contribution in [1.29, 1.82) is 0 Å². The predicted molar refractivity (Wildman–Crippen MR) is 68.6 cm³/mol. The summed E-state index contributed by atoms with van der Waals surface area (Å²) in [6.07, 6.45) is 7.29. The largest absolute Gasteiger partial charge is 0.298 e. The van der Waals surface area contributed by atoms with Crippen LogP contribution in [0.4, 0.5) is 4.39 Å². The second-order valence-electron chi connectivity index (χ2n) is 5.53. The second-order valence-corrected chi connectivity index (χ2v) is 5.53. The van der Waals surface area contributed by atoms with Gasteiger partial charge in [-0.2, -0.15) is 5.48 Å². The molecule has 0 atom stereocenters. The van der Waals surface area contributed by atoms with Crippen LogP contribution in [0, 0.1) is 5.82 Å². The van der Waals surface area contributed by atoms with Crippen LogP contribution in [0.3, 0.4) is 0 Å². The van der Waals surface area contributed by atoms with Gasteiger partial charge in [0.15, 0.2) is 0 Å². The molecule has 2 nitrogen and oxygen atoms in total. The third kappa shape index (κ3) is 2.57. The van der Waals surface area contributed by atoms with Gasteiger partial charge in [-0.1, -0.05) is 31.0 Å². The van der Waals surface area contributed by atoms with Gasteiger partial charge in [0.05, 0.1) is 6.10 Å². The molecule has 3 rings (SSSR count). The number of hydrogen-bond acceptors (Lipinski definition) is 2. The molecule has 0 saturated heterocycles. The maximum absolute atomic E-state index is 13.6. The first-order valence-electron chi connectivity index (χ1n) is 6.98. The van der Waals surface area contributed by atoms with Crippen molar-refractivity contribution in [3.8, 4) is 0 Å². The van der Waals surface area contributed by atoms with Crippen LogP contribution in [-0.2, 0) is 4.84 Å². The lowest BCUT2D eigenvalue weighted by Gasteiger charge is -2.36. The van der Waals surface area contributed by atoms with Gasteiger partial charge in [-0.25, -0.2) is 4.39 Å². The van der Waals surface area contributed by atoms with Crippen molar-refractivity contribution in [2.45, 2.75) is 56.6 Å². The van der Waals surface area contributed by atoms with Crippen LogP contribution >= 0.6 is 0 Å². The lowest BCUT2D eigenvalue weighted by molar-refractivity contribution is -0.0577. The minimum Gasteiger partial charge on any atom is -0.298 e. The highest BCUT2D eigenvalue weighted by atomic mass is 19.1. The minimum atomic E-state index is -0.0716. The fourth-order valence-electron chi connectivity index (χ4n) is 2.97. The maximum atomic E-state index is 13.6. The van der Waals surface area contributed by atoms with Crippen LogP contribution in [0.1, 0.15) is 50.0 Å². The highest BCUT2D eigenvalue weighted by Gasteiger charge is 2.32. The molecule has 0 radical (unpaired) electrons. The molecule has 2 aliphatic rings.